The molecular formula is C11H15NO2S. The van der Waals surface area contributed by atoms with Gasteiger partial charge in [-0.05, 0) is 24.1 Å². The zero-order valence-electron chi connectivity index (χ0n) is 9.19. The molecule has 0 saturated heterocycles. The van der Waals surface area contributed by atoms with Gasteiger partial charge in [0.05, 0.1) is 17.0 Å². The van der Waals surface area contributed by atoms with Gasteiger partial charge in [-0.15, -0.1) is 0 Å². The number of rotatable bonds is 4. The first-order valence-corrected chi connectivity index (χ1v) is 6.06. The summed E-state index contributed by atoms with van der Waals surface area (Å²) in [6.45, 7) is 3.87. The molecule has 1 aromatic rings. The largest absolute Gasteiger partial charge is 0.399 e. The summed E-state index contributed by atoms with van der Waals surface area (Å²) in [7, 11) is 0.576. The molecule has 0 fully saturated rings. The van der Waals surface area contributed by atoms with Crippen LogP contribution in [0.15, 0.2) is 28.3 Å². The maximum absolute atomic E-state index is 11.7. The normalized spacial score (nSPS) is 13.0. The first kappa shape index (κ1) is 11.9. The number of aryl methyl sites for hydroxylation is 1. The lowest BCUT2D eigenvalue weighted by Gasteiger charge is -2.04. The Morgan fingerprint density at radius 2 is 2.27 bits per heavy atom. The third-order valence-corrected chi connectivity index (χ3v) is 3.48. The van der Waals surface area contributed by atoms with E-state index in [1.807, 2.05) is 32.0 Å². The van der Waals surface area contributed by atoms with E-state index in [9.17, 15) is 4.21 Å². The lowest BCUT2D eigenvalue weighted by molar-refractivity contribution is 0.215. The summed E-state index contributed by atoms with van der Waals surface area (Å²) in [5, 5.41) is 3.67. The zero-order valence-corrected chi connectivity index (χ0v) is 10.0. The molecule has 1 atom stereocenters. The highest BCUT2D eigenvalue weighted by Gasteiger charge is 2.05. The zero-order chi connectivity index (χ0) is 11.3. The Morgan fingerprint density at radius 3 is 2.87 bits per heavy atom. The molecule has 0 bridgehead atoms. The lowest BCUT2D eigenvalue weighted by atomic mass is 10.2. The smallest absolute Gasteiger partial charge is 0.106 e. The first-order valence-electron chi connectivity index (χ1n) is 4.74. The molecule has 0 aliphatic rings. The number of hydrogen-bond donors (Lipinski definition) is 0. The summed E-state index contributed by atoms with van der Waals surface area (Å²) >= 11 is 0. The minimum atomic E-state index is -0.920. The van der Waals surface area contributed by atoms with Crippen LogP contribution < -0.4 is 0 Å². The lowest BCUT2D eigenvalue weighted by Crippen LogP contribution is -1.98. The van der Waals surface area contributed by atoms with Gasteiger partial charge in [-0.1, -0.05) is 24.2 Å². The highest BCUT2D eigenvalue weighted by molar-refractivity contribution is 7.85. The molecule has 0 spiro atoms. The van der Waals surface area contributed by atoms with E-state index in [-0.39, 0.29) is 0 Å². The SMILES string of the molecule is CCS(=O)c1cc(/C=N/OC)ccc1C. The van der Waals surface area contributed by atoms with Crippen molar-refractivity contribution in [2.24, 2.45) is 5.16 Å². The van der Waals surface area contributed by atoms with E-state index < -0.39 is 10.8 Å². The number of benzene rings is 1. The average molecular weight is 225 g/mol. The molecule has 15 heavy (non-hydrogen) atoms. The highest BCUT2D eigenvalue weighted by atomic mass is 32.2. The molecule has 1 rings (SSSR count). The van der Waals surface area contributed by atoms with E-state index in [0.717, 1.165) is 16.0 Å². The van der Waals surface area contributed by atoms with Crippen LogP contribution in [0, 0.1) is 6.92 Å². The van der Waals surface area contributed by atoms with Crippen LogP contribution in [0.4, 0.5) is 0 Å². The van der Waals surface area contributed by atoms with Crippen molar-refractivity contribution in [3.8, 4) is 0 Å². The molecule has 0 aliphatic heterocycles. The van der Waals surface area contributed by atoms with E-state index in [0.29, 0.717) is 5.75 Å². The Balaban J connectivity index is 3.05. The van der Waals surface area contributed by atoms with E-state index >= 15 is 0 Å². The van der Waals surface area contributed by atoms with Gasteiger partial charge in [-0.3, -0.25) is 4.21 Å². The van der Waals surface area contributed by atoms with Crippen LogP contribution in [0.5, 0.6) is 0 Å². The molecule has 0 aromatic heterocycles. The van der Waals surface area contributed by atoms with Crippen LogP contribution >= 0.6 is 0 Å². The maximum Gasteiger partial charge on any atom is 0.106 e. The van der Waals surface area contributed by atoms with E-state index in [2.05, 4.69) is 9.99 Å². The summed E-state index contributed by atoms with van der Waals surface area (Å²) in [4.78, 5) is 5.47. The van der Waals surface area contributed by atoms with E-state index in [1.54, 1.807) is 6.21 Å². The van der Waals surface area contributed by atoms with Crippen molar-refractivity contribution in [1.82, 2.24) is 0 Å². The summed E-state index contributed by atoms with van der Waals surface area (Å²) in [5.41, 5.74) is 1.95. The second-order valence-electron chi connectivity index (χ2n) is 3.08. The van der Waals surface area contributed by atoms with Gasteiger partial charge >= 0.3 is 0 Å². The van der Waals surface area contributed by atoms with Crippen LogP contribution in [0.2, 0.25) is 0 Å². The molecule has 4 heteroatoms. The van der Waals surface area contributed by atoms with Crippen LogP contribution in [0.25, 0.3) is 0 Å². The van der Waals surface area contributed by atoms with Crippen molar-refractivity contribution >= 4 is 17.0 Å². The molecular weight excluding hydrogens is 210 g/mol. The van der Waals surface area contributed by atoms with Gasteiger partial charge in [0.2, 0.25) is 0 Å². The van der Waals surface area contributed by atoms with Crippen molar-refractivity contribution < 1.29 is 9.05 Å². The standard InChI is InChI=1S/C11H15NO2S/c1-4-15(13)11-7-10(8-12-14-3)6-5-9(11)2/h5-8H,4H2,1-3H3/b12-8+. The van der Waals surface area contributed by atoms with Gasteiger partial charge in [0.1, 0.15) is 7.11 Å². The highest BCUT2D eigenvalue weighted by Crippen LogP contribution is 2.14. The second-order valence-corrected chi connectivity index (χ2v) is 4.78. The minimum Gasteiger partial charge on any atom is -0.399 e. The molecule has 0 aliphatic carbocycles. The summed E-state index contributed by atoms with van der Waals surface area (Å²) < 4.78 is 11.7. The van der Waals surface area contributed by atoms with Crippen molar-refractivity contribution in [2.75, 3.05) is 12.9 Å². The Labute approximate surface area is 92.6 Å². The molecule has 0 amide bonds. The third kappa shape index (κ3) is 3.16. The van der Waals surface area contributed by atoms with Crippen LogP contribution in [0.3, 0.4) is 0 Å². The fourth-order valence-electron chi connectivity index (χ4n) is 1.21. The summed E-state index contributed by atoms with van der Waals surface area (Å²) in [5.74, 6) is 0.631. The Kier molecular flexibility index (Phi) is 4.49. The molecule has 1 aromatic carbocycles. The Bertz CT molecular complexity index is 388. The van der Waals surface area contributed by atoms with Crippen molar-refractivity contribution in [2.45, 2.75) is 18.7 Å². The maximum atomic E-state index is 11.7. The van der Waals surface area contributed by atoms with Gasteiger partial charge < -0.3 is 4.84 Å². The molecule has 3 nitrogen and oxygen atoms in total. The first-order chi connectivity index (χ1) is 7.19. The van der Waals surface area contributed by atoms with Crippen LogP contribution in [-0.4, -0.2) is 23.3 Å². The van der Waals surface area contributed by atoms with E-state index in [4.69, 9.17) is 0 Å². The molecule has 0 saturated carbocycles. The van der Waals surface area contributed by atoms with Crippen LogP contribution in [0.1, 0.15) is 18.1 Å². The van der Waals surface area contributed by atoms with E-state index in [1.165, 1.54) is 7.11 Å². The van der Waals surface area contributed by atoms with Gasteiger partial charge in [0.15, 0.2) is 0 Å². The second kappa shape index (κ2) is 5.66. The minimum absolute atomic E-state index is 0.631. The summed E-state index contributed by atoms with van der Waals surface area (Å²) in [6, 6.07) is 5.76. The fourth-order valence-corrected chi connectivity index (χ4v) is 2.22. The monoisotopic (exact) mass is 225 g/mol. The van der Waals surface area contributed by atoms with Crippen molar-refractivity contribution in [3.05, 3.63) is 29.3 Å². The van der Waals surface area contributed by atoms with Gasteiger partial charge in [-0.25, -0.2) is 0 Å². The number of nitrogens with zero attached hydrogens (tertiary/aromatic N) is 1. The number of hydrogen-bond acceptors (Lipinski definition) is 3. The number of oxime groups is 1. The summed E-state index contributed by atoms with van der Waals surface area (Å²) in [6.07, 6.45) is 1.61. The molecule has 0 heterocycles. The van der Waals surface area contributed by atoms with Crippen LogP contribution in [-0.2, 0) is 15.6 Å². The van der Waals surface area contributed by atoms with Gasteiger partial charge in [0, 0.05) is 10.6 Å². The molecule has 0 radical (unpaired) electrons. The molecule has 0 N–H and O–H groups in total. The van der Waals surface area contributed by atoms with Gasteiger partial charge in [0.25, 0.3) is 0 Å². The predicted molar refractivity (Wildman–Crippen MR) is 62.7 cm³/mol. The molecule has 1 unspecified atom stereocenters. The van der Waals surface area contributed by atoms with Crippen molar-refractivity contribution in [3.63, 3.8) is 0 Å². The molecule has 82 valence electrons. The Morgan fingerprint density at radius 1 is 1.53 bits per heavy atom. The predicted octanol–water partition coefficient (Wildman–Crippen LogP) is 2.10. The topological polar surface area (TPSA) is 38.7 Å². The average Bonchev–Trinajstić information content (AvgIpc) is 2.27. The van der Waals surface area contributed by atoms with Gasteiger partial charge in [-0.2, -0.15) is 0 Å². The fraction of sp³-hybridized carbons (Fsp3) is 0.364. The third-order valence-electron chi connectivity index (χ3n) is 2.03. The van der Waals surface area contributed by atoms with Crippen molar-refractivity contribution in [1.29, 1.82) is 0 Å². The quantitative estimate of drug-likeness (QED) is 0.581. The Hall–Kier alpha value is -1.16.